The molecule has 0 unspecified atom stereocenters. The number of oxazole rings is 1. The van der Waals surface area contributed by atoms with Crippen molar-refractivity contribution in [2.24, 2.45) is 0 Å². The van der Waals surface area contributed by atoms with Crippen molar-refractivity contribution in [2.75, 3.05) is 7.11 Å². The highest BCUT2D eigenvalue weighted by Crippen LogP contribution is 2.32. The Morgan fingerprint density at radius 2 is 1.83 bits per heavy atom. The Balaban J connectivity index is 2.14. The first kappa shape index (κ1) is 15.0. The summed E-state index contributed by atoms with van der Waals surface area (Å²) in [5.41, 5.74) is 1.97. The first-order chi connectivity index (χ1) is 11.2. The van der Waals surface area contributed by atoms with E-state index in [0.717, 1.165) is 11.1 Å². The second-order valence-electron chi connectivity index (χ2n) is 5.07. The molecule has 0 N–H and O–H groups in total. The molecule has 4 nitrogen and oxygen atoms in total. The molecule has 1 heterocycles. The molecule has 1 aromatic heterocycles. The van der Waals surface area contributed by atoms with E-state index in [1.54, 1.807) is 7.11 Å². The van der Waals surface area contributed by atoms with E-state index in [1.165, 1.54) is 0 Å². The Hall–Kier alpha value is -2.88. The number of aromatic nitrogens is 1. The van der Waals surface area contributed by atoms with Crippen LogP contribution in [0.5, 0.6) is 5.75 Å². The van der Waals surface area contributed by atoms with Gasteiger partial charge >= 0.3 is 0 Å². The minimum Gasteiger partial charge on any atom is -0.497 e. The fourth-order valence-corrected chi connectivity index (χ4v) is 2.34. The number of carbonyl (C=O) groups excluding carboxylic acids is 1. The van der Waals surface area contributed by atoms with Gasteiger partial charge in [0, 0.05) is 17.5 Å². The average Bonchev–Trinajstić information content (AvgIpc) is 3.07. The summed E-state index contributed by atoms with van der Waals surface area (Å²) in [5.74, 6) is 1.58. The first-order valence-electron chi connectivity index (χ1n) is 7.46. The molecule has 23 heavy (non-hydrogen) atoms. The Kier molecular flexibility index (Phi) is 4.24. The van der Waals surface area contributed by atoms with Crippen molar-refractivity contribution in [1.29, 1.82) is 0 Å². The maximum absolute atomic E-state index is 12.3. The topological polar surface area (TPSA) is 52.3 Å². The van der Waals surface area contributed by atoms with Crippen molar-refractivity contribution in [3.8, 4) is 28.5 Å². The second kappa shape index (κ2) is 6.48. The van der Waals surface area contributed by atoms with E-state index in [-0.39, 0.29) is 5.78 Å². The predicted molar refractivity (Wildman–Crippen MR) is 88.5 cm³/mol. The summed E-state index contributed by atoms with van der Waals surface area (Å²) in [6.07, 6.45) is 0.373. The van der Waals surface area contributed by atoms with E-state index < -0.39 is 0 Å². The number of rotatable bonds is 5. The lowest BCUT2D eigenvalue weighted by atomic mass is 10.1. The molecule has 0 spiro atoms. The number of ether oxygens (including phenoxy) is 1. The molecular formula is C19H17NO3. The van der Waals surface area contributed by atoms with Crippen LogP contribution in [-0.2, 0) is 0 Å². The molecule has 0 aliphatic rings. The zero-order valence-electron chi connectivity index (χ0n) is 13.1. The fraction of sp³-hybridized carbons (Fsp3) is 0.158. The van der Waals surface area contributed by atoms with Gasteiger partial charge in [0.1, 0.15) is 5.75 Å². The highest BCUT2D eigenvalue weighted by atomic mass is 16.5. The summed E-state index contributed by atoms with van der Waals surface area (Å²) in [5, 5.41) is 0. The molecule has 0 saturated heterocycles. The number of nitrogens with zero attached hydrogens (tertiary/aromatic N) is 1. The van der Waals surface area contributed by atoms with Crippen LogP contribution in [0.2, 0.25) is 0 Å². The van der Waals surface area contributed by atoms with Gasteiger partial charge in [0.2, 0.25) is 5.89 Å². The first-order valence-corrected chi connectivity index (χ1v) is 7.46. The van der Waals surface area contributed by atoms with Gasteiger partial charge in [-0.3, -0.25) is 4.79 Å². The number of ketones is 1. The van der Waals surface area contributed by atoms with Gasteiger partial charge in [-0.05, 0) is 24.3 Å². The smallest absolute Gasteiger partial charge is 0.227 e. The van der Waals surface area contributed by atoms with Crippen molar-refractivity contribution in [1.82, 2.24) is 4.98 Å². The second-order valence-corrected chi connectivity index (χ2v) is 5.07. The number of hydrogen-bond acceptors (Lipinski definition) is 4. The van der Waals surface area contributed by atoms with E-state index in [0.29, 0.717) is 29.5 Å². The molecule has 0 fully saturated rings. The predicted octanol–water partition coefficient (Wildman–Crippen LogP) is 4.61. The van der Waals surface area contributed by atoms with Gasteiger partial charge in [0.15, 0.2) is 17.2 Å². The van der Waals surface area contributed by atoms with E-state index in [4.69, 9.17) is 9.15 Å². The molecule has 4 heteroatoms. The van der Waals surface area contributed by atoms with E-state index in [1.807, 2.05) is 61.5 Å². The van der Waals surface area contributed by atoms with Gasteiger partial charge in [-0.15, -0.1) is 0 Å². The molecule has 116 valence electrons. The number of Topliss-reactive ketones (excluding diaryl/α,β-unsaturated/α-hetero) is 1. The van der Waals surface area contributed by atoms with Gasteiger partial charge < -0.3 is 9.15 Å². The maximum atomic E-state index is 12.3. The third-order valence-electron chi connectivity index (χ3n) is 3.57. The molecule has 0 aliphatic heterocycles. The summed E-state index contributed by atoms with van der Waals surface area (Å²) >= 11 is 0. The molecule has 2 aromatic carbocycles. The van der Waals surface area contributed by atoms with E-state index >= 15 is 0 Å². The summed E-state index contributed by atoms with van der Waals surface area (Å²) in [6, 6.07) is 17.0. The third-order valence-corrected chi connectivity index (χ3v) is 3.57. The van der Waals surface area contributed by atoms with Crippen molar-refractivity contribution in [3.05, 3.63) is 60.3 Å². The molecule has 0 atom stereocenters. The quantitative estimate of drug-likeness (QED) is 0.646. The van der Waals surface area contributed by atoms with Gasteiger partial charge in [-0.25, -0.2) is 4.98 Å². The largest absolute Gasteiger partial charge is 0.497 e. The zero-order valence-corrected chi connectivity index (χ0v) is 13.1. The van der Waals surface area contributed by atoms with Crippen LogP contribution in [0.15, 0.2) is 59.0 Å². The van der Waals surface area contributed by atoms with Crippen LogP contribution in [0.25, 0.3) is 22.8 Å². The molecule has 0 saturated carbocycles. The SMILES string of the molecule is CCC(=O)c1nc(-c2ccccc2)oc1-c1cccc(OC)c1. The van der Waals surface area contributed by atoms with Gasteiger partial charge in [0.05, 0.1) is 7.11 Å². The van der Waals surface area contributed by atoms with E-state index in [2.05, 4.69) is 4.98 Å². The molecule has 3 rings (SSSR count). The summed E-state index contributed by atoms with van der Waals surface area (Å²) < 4.78 is 11.2. The standard InChI is InChI=1S/C19H17NO3/c1-3-16(21)17-18(14-10-7-11-15(12-14)22-2)23-19(20-17)13-8-5-4-6-9-13/h4-12H,3H2,1-2H3. The maximum Gasteiger partial charge on any atom is 0.227 e. The normalized spacial score (nSPS) is 10.5. The van der Waals surface area contributed by atoms with Gasteiger partial charge in [0.25, 0.3) is 0 Å². The summed E-state index contributed by atoms with van der Waals surface area (Å²) in [4.78, 5) is 16.7. The zero-order chi connectivity index (χ0) is 16.2. The lowest BCUT2D eigenvalue weighted by Crippen LogP contribution is -1.99. The third kappa shape index (κ3) is 3.01. The van der Waals surface area contributed by atoms with Crippen LogP contribution in [-0.4, -0.2) is 17.9 Å². The lowest BCUT2D eigenvalue weighted by Gasteiger charge is -2.03. The minimum absolute atomic E-state index is 0.0475. The number of benzene rings is 2. The van der Waals surface area contributed by atoms with Crippen LogP contribution >= 0.6 is 0 Å². The minimum atomic E-state index is -0.0475. The highest BCUT2D eigenvalue weighted by molar-refractivity contribution is 5.99. The number of methoxy groups -OCH3 is 1. The Morgan fingerprint density at radius 1 is 1.09 bits per heavy atom. The van der Waals surface area contributed by atoms with Crippen molar-refractivity contribution in [3.63, 3.8) is 0 Å². The monoisotopic (exact) mass is 307 g/mol. The lowest BCUT2D eigenvalue weighted by molar-refractivity contribution is 0.0984. The van der Waals surface area contributed by atoms with Crippen LogP contribution in [0.1, 0.15) is 23.8 Å². The Bertz CT molecular complexity index is 822. The molecule has 0 bridgehead atoms. The van der Waals surface area contributed by atoms with Crippen LogP contribution < -0.4 is 4.74 Å². The van der Waals surface area contributed by atoms with Crippen LogP contribution in [0, 0.1) is 0 Å². The van der Waals surface area contributed by atoms with E-state index in [9.17, 15) is 4.79 Å². The Morgan fingerprint density at radius 3 is 2.52 bits per heavy atom. The Labute approximate surface area is 134 Å². The summed E-state index contributed by atoms with van der Waals surface area (Å²) in [7, 11) is 1.60. The molecule has 3 aromatic rings. The van der Waals surface area contributed by atoms with Gasteiger partial charge in [-0.2, -0.15) is 0 Å². The van der Waals surface area contributed by atoms with Crippen molar-refractivity contribution >= 4 is 5.78 Å². The molecule has 0 amide bonds. The highest BCUT2D eigenvalue weighted by Gasteiger charge is 2.21. The van der Waals surface area contributed by atoms with Crippen LogP contribution in [0.3, 0.4) is 0 Å². The number of hydrogen-bond donors (Lipinski definition) is 0. The van der Waals surface area contributed by atoms with Crippen LogP contribution in [0.4, 0.5) is 0 Å². The molecule has 0 radical (unpaired) electrons. The molecular weight excluding hydrogens is 290 g/mol. The van der Waals surface area contributed by atoms with Gasteiger partial charge in [-0.1, -0.05) is 37.3 Å². The van der Waals surface area contributed by atoms with Crippen molar-refractivity contribution < 1.29 is 13.9 Å². The fourth-order valence-electron chi connectivity index (χ4n) is 2.34. The summed E-state index contributed by atoms with van der Waals surface area (Å²) in [6.45, 7) is 1.81. The molecule has 0 aliphatic carbocycles. The number of carbonyl (C=O) groups is 1. The average molecular weight is 307 g/mol. The van der Waals surface area contributed by atoms with Crippen molar-refractivity contribution in [2.45, 2.75) is 13.3 Å².